The van der Waals surface area contributed by atoms with Crippen LogP contribution < -0.4 is 0 Å². The van der Waals surface area contributed by atoms with Gasteiger partial charge in [0.05, 0.1) is 0 Å². The molecule has 0 spiro atoms. The Morgan fingerprint density at radius 2 is 0.639 bits per heavy atom. The molecule has 0 radical (unpaired) electrons. The van der Waals surface area contributed by atoms with Gasteiger partial charge in [-0.25, -0.2) is 0 Å². The van der Waals surface area contributed by atoms with E-state index >= 15 is 0 Å². The lowest BCUT2D eigenvalue weighted by atomic mass is 10.1. The summed E-state index contributed by atoms with van der Waals surface area (Å²) in [5.41, 5.74) is 0. The molecule has 0 fully saturated rings. The summed E-state index contributed by atoms with van der Waals surface area (Å²) in [5, 5.41) is 0. The van der Waals surface area contributed by atoms with Crippen LogP contribution in [0.1, 0.15) is 213 Å². The lowest BCUT2D eigenvalue weighted by Crippen LogP contribution is -2.30. The summed E-state index contributed by atoms with van der Waals surface area (Å²) in [5.74, 6) is -0.952. The van der Waals surface area contributed by atoms with E-state index < -0.39 is 6.10 Å². The van der Waals surface area contributed by atoms with Crippen LogP contribution in [0.25, 0.3) is 0 Å². The van der Waals surface area contributed by atoms with E-state index in [1.165, 1.54) is 38.5 Å². The number of unbranched alkanes of at least 4 members (excludes halogenated alkanes) is 16. The molecule has 1 atom stereocenters. The maximum Gasteiger partial charge on any atom is 0.306 e. The highest BCUT2D eigenvalue weighted by atomic mass is 16.6. The van der Waals surface area contributed by atoms with Gasteiger partial charge in [-0.05, 0) is 96.3 Å². The smallest absolute Gasteiger partial charge is 0.306 e. The van der Waals surface area contributed by atoms with E-state index in [-0.39, 0.29) is 31.1 Å². The quantitative estimate of drug-likeness (QED) is 0.0263. The number of carbonyl (C=O) groups excluding carboxylic acids is 3. The van der Waals surface area contributed by atoms with Gasteiger partial charge in [0.25, 0.3) is 0 Å². The predicted molar refractivity (Wildman–Crippen MR) is 260 cm³/mol. The second-order valence-corrected chi connectivity index (χ2v) is 16.0. The minimum absolute atomic E-state index is 0.0958. The van der Waals surface area contributed by atoms with Crippen LogP contribution in [0.15, 0.2) is 97.2 Å². The zero-order chi connectivity index (χ0) is 44.4. The van der Waals surface area contributed by atoms with E-state index in [1.54, 1.807) is 0 Å². The molecular weight excluding hydrogens is 757 g/mol. The molecule has 346 valence electrons. The van der Waals surface area contributed by atoms with Crippen molar-refractivity contribution in [1.82, 2.24) is 0 Å². The molecule has 6 nitrogen and oxygen atoms in total. The Balaban J connectivity index is 4.45. The molecule has 0 heterocycles. The van der Waals surface area contributed by atoms with Crippen molar-refractivity contribution in [3.05, 3.63) is 97.2 Å². The topological polar surface area (TPSA) is 78.9 Å². The summed E-state index contributed by atoms with van der Waals surface area (Å²) in [7, 11) is 0. The Hall–Kier alpha value is -3.67. The molecule has 0 aromatic carbocycles. The first kappa shape index (κ1) is 57.3. The van der Waals surface area contributed by atoms with Crippen LogP contribution in [0.5, 0.6) is 0 Å². The number of carbonyl (C=O) groups is 3. The van der Waals surface area contributed by atoms with Crippen molar-refractivity contribution in [2.45, 2.75) is 219 Å². The first-order valence-corrected chi connectivity index (χ1v) is 24.7. The van der Waals surface area contributed by atoms with Gasteiger partial charge in [-0.3, -0.25) is 14.4 Å². The fourth-order valence-corrected chi connectivity index (χ4v) is 6.42. The van der Waals surface area contributed by atoms with E-state index in [9.17, 15) is 14.4 Å². The molecule has 0 saturated heterocycles. The van der Waals surface area contributed by atoms with Crippen molar-refractivity contribution in [3.63, 3.8) is 0 Å². The molecule has 0 aromatic heterocycles. The van der Waals surface area contributed by atoms with E-state index in [4.69, 9.17) is 14.2 Å². The second kappa shape index (κ2) is 49.0. The van der Waals surface area contributed by atoms with Gasteiger partial charge >= 0.3 is 17.9 Å². The summed E-state index contributed by atoms with van der Waals surface area (Å²) in [6.45, 7) is 6.33. The normalized spacial score (nSPS) is 12.9. The molecule has 0 aliphatic rings. The van der Waals surface area contributed by atoms with Gasteiger partial charge in [-0.1, -0.05) is 195 Å². The molecule has 1 unspecified atom stereocenters. The van der Waals surface area contributed by atoms with Crippen molar-refractivity contribution >= 4 is 17.9 Å². The van der Waals surface area contributed by atoms with Crippen molar-refractivity contribution in [3.8, 4) is 0 Å². The third-order valence-electron chi connectivity index (χ3n) is 10.1. The molecule has 0 N–H and O–H groups in total. The Kier molecular flexibility index (Phi) is 46.0. The highest BCUT2D eigenvalue weighted by molar-refractivity contribution is 5.71. The molecule has 0 amide bonds. The van der Waals surface area contributed by atoms with Crippen LogP contribution in [0.3, 0.4) is 0 Å². The monoisotopic (exact) mass is 847 g/mol. The largest absolute Gasteiger partial charge is 0.462 e. The Labute approximate surface area is 375 Å². The van der Waals surface area contributed by atoms with Crippen molar-refractivity contribution in [1.29, 1.82) is 0 Å². The van der Waals surface area contributed by atoms with Crippen molar-refractivity contribution in [2.75, 3.05) is 13.2 Å². The SMILES string of the molecule is CC/C=C\C/C=C\C/C=C\C/C=C\CCCCCCC(=O)OCC(COC(=O)CCCCCCCCCCC)OC(=O)CCCCCC/C=C\C/C=C\C/C=C\C/C=C\CC. The third-order valence-corrected chi connectivity index (χ3v) is 10.1. The van der Waals surface area contributed by atoms with Gasteiger partial charge in [0.15, 0.2) is 6.10 Å². The number of allylic oxidation sites excluding steroid dienone is 16. The van der Waals surface area contributed by atoms with E-state index in [0.717, 1.165) is 135 Å². The summed E-state index contributed by atoms with van der Waals surface area (Å²) >= 11 is 0. The first-order valence-electron chi connectivity index (χ1n) is 24.7. The van der Waals surface area contributed by atoms with Crippen LogP contribution >= 0.6 is 0 Å². The Morgan fingerprint density at radius 1 is 0.344 bits per heavy atom. The molecular formula is C55H90O6. The highest BCUT2D eigenvalue weighted by Crippen LogP contribution is 2.13. The van der Waals surface area contributed by atoms with Gasteiger partial charge < -0.3 is 14.2 Å². The average molecular weight is 847 g/mol. The number of rotatable bonds is 43. The fraction of sp³-hybridized carbons (Fsp3) is 0.655. The maximum absolute atomic E-state index is 12.8. The minimum Gasteiger partial charge on any atom is -0.462 e. The molecule has 0 rings (SSSR count). The molecule has 0 aromatic rings. The number of ether oxygens (including phenoxy) is 3. The van der Waals surface area contributed by atoms with E-state index in [0.29, 0.717) is 19.3 Å². The van der Waals surface area contributed by atoms with Gasteiger partial charge in [0, 0.05) is 19.3 Å². The molecule has 0 aliphatic carbocycles. The summed E-state index contributed by atoms with van der Waals surface area (Å²) < 4.78 is 16.7. The van der Waals surface area contributed by atoms with Crippen LogP contribution in [0.4, 0.5) is 0 Å². The zero-order valence-electron chi connectivity index (χ0n) is 39.4. The fourth-order valence-electron chi connectivity index (χ4n) is 6.42. The number of hydrogen-bond donors (Lipinski definition) is 0. The van der Waals surface area contributed by atoms with Crippen LogP contribution in [0, 0.1) is 0 Å². The van der Waals surface area contributed by atoms with Gasteiger partial charge in [0.2, 0.25) is 0 Å². The van der Waals surface area contributed by atoms with Crippen molar-refractivity contribution < 1.29 is 28.6 Å². The lowest BCUT2D eigenvalue weighted by molar-refractivity contribution is -0.167. The highest BCUT2D eigenvalue weighted by Gasteiger charge is 2.19. The van der Waals surface area contributed by atoms with E-state index in [1.807, 2.05) is 0 Å². The summed E-state index contributed by atoms with van der Waals surface area (Å²) in [6.07, 6.45) is 63.9. The van der Waals surface area contributed by atoms with Crippen LogP contribution in [-0.2, 0) is 28.6 Å². The molecule has 0 aliphatic heterocycles. The maximum atomic E-state index is 12.8. The minimum atomic E-state index is -0.798. The zero-order valence-corrected chi connectivity index (χ0v) is 39.4. The Bertz CT molecular complexity index is 1250. The van der Waals surface area contributed by atoms with Crippen molar-refractivity contribution in [2.24, 2.45) is 0 Å². The Morgan fingerprint density at radius 3 is 1.00 bits per heavy atom. The third kappa shape index (κ3) is 47.2. The van der Waals surface area contributed by atoms with Crippen LogP contribution in [0.2, 0.25) is 0 Å². The number of esters is 3. The molecule has 0 bridgehead atoms. The summed E-state index contributed by atoms with van der Waals surface area (Å²) in [4.78, 5) is 37.9. The molecule has 61 heavy (non-hydrogen) atoms. The van der Waals surface area contributed by atoms with Crippen LogP contribution in [-0.4, -0.2) is 37.2 Å². The van der Waals surface area contributed by atoms with Gasteiger partial charge in [0.1, 0.15) is 13.2 Å². The van der Waals surface area contributed by atoms with E-state index in [2.05, 4.69) is 118 Å². The standard InChI is InChI=1S/C55H90O6/c1-4-7-10-13-16-19-21-23-25-27-29-31-33-36-39-42-45-48-54(57)60-51-52(50-59-53(56)47-44-41-38-35-18-15-12-9-6-3)61-55(58)49-46-43-40-37-34-32-30-28-26-24-22-20-17-14-11-8-5-2/h7-8,10-11,16-17,19-20,23-26,29-32,52H,4-6,9,12-15,18,21-22,27-28,33-51H2,1-3H3/b10-7-,11-8-,19-16-,20-17-,25-23-,26-24-,31-29-,32-30-. The van der Waals surface area contributed by atoms with Gasteiger partial charge in [-0.15, -0.1) is 0 Å². The average Bonchev–Trinajstić information content (AvgIpc) is 3.26. The summed E-state index contributed by atoms with van der Waals surface area (Å²) in [6, 6.07) is 0. The molecule has 6 heteroatoms. The first-order chi connectivity index (χ1) is 30.0. The second-order valence-electron chi connectivity index (χ2n) is 16.0. The lowest BCUT2D eigenvalue weighted by Gasteiger charge is -2.18. The number of hydrogen-bond acceptors (Lipinski definition) is 6. The predicted octanol–water partition coefficient (Wildman–Crippen LogP) is 16.2. The van der Waals surface area contributed by atoms with Gasteiger partial charge in [-0.2, -0.15) is 0 Å². The molecule has 0 saturated carbocycles.